The minimum absolute atomic E-state index is 0.146. The molecule has 2 rings (SSSR count). The minimum Gasteiger partial charge on any atom is -0.464 e. The summed E-state index contributed by atoms with van der Waals surface area (Å²) in [5.41, 5.74) is 1.08. The second-order valence-corrected chi connectivity index (χ2v) is 4.15. The number of carbonyl (C=O) groups is 1. The maximum atomic E-state index is 11.6. The lowest BCUT2D eigenvalue weighted by atomic mass is 9.97. The van der Waals surface area contributed by atoms with Gasteiger partial charge in [0.2, 0.25) is 0 Å². The first-order valence-electron chi connectivity index (χ1n) is 5.07. The Morgan fingerprint density at radius 3 is 2.88 bits per heavy atom. The maximum Gasteiger partial charge on any atom is 0.358 e. The van der Waals surface area contributed by atoms with Crippen LogP contribution < -0.4 is 5.90 Å². The van der Waals surface area contributed by atoms with Gasteiger partial charge in [-0.05, 0) is 12.8 Å². The van der Waals surface area contributed by atoms with Gasteiger partial charge in [-0.2, -0.15) is 5.10 Å². The van der Waals surface area contributed by atoms with Crippen LogP contribution in [-0.2, 0) is 22.0 Å². The molecule has 1 heterocycles. The van der Waals surface area contributed by atoms with Crippen molar-refractivity contribution in [3.63, 3.8) is 0 Å². The topological polar surface area (TPSA) is 79.4 Å². The van der Waals surface area contributed by atoms with Gasteiger partial charge in [0.15, 0.2) is 5.69 Å². The summed E-state index contributed by atoms with van der Waals surface area (Å²) in [6.45, 7) is 0.405. The van der Waals surface area contributed by atoms with Crippen molar-refractivity contribution >= 4 is 5.97 Å². The van der Waals surface area contributed by atoms with Crippen molar-refractivity contribution in [2.75, 3.05) is 13.7 Å². The summed E-state index contributed by atoms with van der Waals surface area (Å²) < 4.78 is 6.31. The monoisotopic (exact) mass is 225 g/mol. The molecular weight excluding hydrogens is 210 g/mol. The van der Waals surface area contributed by atoms with E-state index in [-0.39, 0.29) is 5.41 Å². The Morgan fingerprint density at radius 1 is 1.69 bits per heavy atom. The number of methoxy groups -OCH3 is 1. The molecule has 0 atom stereocenters. The van der Waals surface area contributed by atoms with Crippen molar-refractivity contribution in [3.05, 3.63) is 17.5 Å². The van der Waals surface area contributed by atoms with Gasteiger partial charge in [-0.3, -0.25) is 4.68 Å². The third kappa shape index (κ3) is 1.70. The molecule has 1 aromatic heterocycles. The number of aryl methyl sites for hydroxylation is 1. The molecule has 88 valence electrons. The highest BCUT2D eigenvalue weighted by atomic mass is 16.6. The summed E-state index contributed by atoms with van der Waals surface area (Å²) in [5, 5.41) is 4.12. The highest BCUT2D eigenvalue weighted by Gasteiger charge is 2.48. The zero-order chi connectivity index (χ0) is 11.8. The van der Waals surface area contributed by atoms with Gasteiger partial charge in [-0.25, -0.2) is 10.7 Å². The van der Waals surface area contributed by atoms with Crippen LogP contribution in [0, 0.1) is 0 Å². The molecule has 16 heavy (non-hydrogen) atoms. The van der Waals surface area contributed by atoms with Gasteiger partial charge in [0.1, 0.15) is 0 Å². The van der Waals surface area contributed by atoms with Crippen LogP contribution in [0.15, 0.2) is 6.20 Å². The van der Waals surface area contributed by atoms with Crippen molar-refractivity contribution in [1.82, 2.24) is 9.78 Å². The van der Waals surface area contributed by atoms with Crippen LogP contribution >= 0.6 is 0 Å². The molecule has 0 bridgehead atoms. The fourth-order valence-corrected chi connectivity index (χ4v) is 1.93. The van der Waals surface area contributed by atoms with E-state index in [1.54, 1.807) is 11.7 Å². The van der Waals surface area contributed by atoms with Crippen LogP contribution in [0.3, 0.4) is 0 Å². The Balaban J connectivity index is 2.37. The van der Waals surface area contributed by atoms with E-state index >= 15 is 0 Å². The number of hydrogen-bond donors (Lipinski definition) is 1. The molecule has 2 N–H and O–H groups in total. The van der Waals surface area contributed by atoms with Gasteiger partial charge in [0, 0.05) is 24.2 Å². The smallest absolute Gasteiger partial charge is 0.358 e. The summed E-state index contributed by atoms with van der Waals surface area (Å²) in [5.74, 6) is 4.70. The first-order valence-corrected chi connectivity index (χ1v) is 5.07. The summed E-state index contributed by atoms with van der Waals surface area (Å²) in [7, 11) is 3.12. The molecule has 0 spiro atoms. The number of carbonyl (C=O) groups excluding carboxylic acids is 1. The zero-order valence-electron chi connectivity index (χ0n) is 9.40. The fraction of sp³-hybridized carbons (Fsp3) is 0.600. The number of hydrogen-bond acceptors (Lipinski definition) is 5. The number of rotatable bonds is 4. The molecule has 0 saturated heterocycles. The van der Waals surface area contributed by atoms with Gasteiger partial charge in [-0.15, -0.1) is 0 Å². The molecule has 1 saturated carbocycles. The molecule has 0 unspecified atom stereocenters. The highest BCUT2D eigenvalue weighted by Crippen LogP contribution is 2.49. The number of ether oxygens (including phenoxy) is 1. The lowest BCUT2D eigenvalue weighted by molar-refractivity contribution is 0.0588. The van der Waals surface area contributed by atoms with Crippen molar-refractivity contribution in [1.29, 1.82) is 0 Å². The largest absolute Gasteiger partial charge is 0.464 e. The maximum absolute atomic E-state index is 11.6. The minimum atomic E-state index is -0.418. The Bertz CT molecular complexity index is 409. The van der Waals surface area contributed by atoms with Gasteiger partial charge in [0.25, 0.3) is 0 Å². The molecule has 1 aliphatic rings. The molecule has 1 fully saturated rings. The number of nitrogens with zero attached hydrogens (tertiary/aromatic N) is 2. The van der Waals surface area contributed by atoms with E-state index in [2.05, 4.69) is 5.10 Å². The number of nitrogens with two attached hydrogens (primary N) is 1. The lowest BCUT2D eigenvalue weighted by Crippen LogP contribution is -2.20. The van der Waals surface area contributed by atoms with E-state index in [4.69, 9.17) is 15.5 Å². The second kappa shape index (κ2) is 3.88. The summed E-state index contributed by atoms with van der Waals surface area (Å²) in [4.78, 5) is 16.3. The Morgan fingerprint density at radius 2 is 2.38 bits per heavy atom. The zero-order valence-corrected chi connectivity index (χ0v) is 9.40. The predicted octanol–water partition coefficient (Wildman–Crippen LogP) is 0.129. The van der Waals surface area contributed by atoms with Gasteiger partial charge < -0.3 is 9.57 Å². The van der Waals surface area contributed by atoms with Crippen molar-refractivity contribution < 1.29 is 14.4 Å². The van der Waals surface area contributed by atoms with Crippen LogP contribution in [-0.4, -0.2) is 29.5 Å². The van der Waals surface area contributed by atoms with Crippen molar-refractivity contribution in [2.24, 2.45) is 12.9 Å². The molecule has 0 radical (unpaired) electrons. The first-order chi connectivity index (χ1) is 7.63. The fourth-order valence-electron chi connectivity index (χ4n) is 1.93. The van der Waals surface area contributed by atoms with E-state index in [0.717, 1.165) is 18.4 Å². The third-order valence-electron chi connectivity index (χ3n) is 2.99. The van der Waals surface area contributed by atoms with Crippen molar-refractivity contribution in [3.8, 4) is 0 Å². The van der Waals surface area contributed by atoms with Crippen LogP contribution in [0.4, 0.5) is 0 Å². The number of aromatic nitrogens is 2. The second-order valence-electron chi connectivity index (χ2n) is 4.15. The molecular formula is C10H15N3O3. The molecule has 1 aromatic rings. The molecule has 6 heteroatoms. The normalized spacial score (nSPS) is 17.2. The summed E-state index contributed by atoms with van der Waals surface area (Å²) in [6.07, 6.45) is 3.75. The SMILES string of the molecule is COC(=O)c1nn(C)cc1C1(CON)CC1. The van der Waals surface area contributed by atoms with E-state index in [0.29, 0.717) is 12.3 Å². The average Bonchev–Trinajstić information content (AvgIpc) is 2.93. The quantitative estimate of drug-likeness (QED) is 0.582. The van der Waals surface area contributed by atoms with Crippen LogP contribution in [0.2, 0.25) is 0 Å². The molecule has 1 aliphatic carbocycles. The first kappa shape index (κ1) is 11.1. The molecule has 0 aliphatic heterocycles. The van der Waals surface area contributed by atoms with Crippen molar-refractivity contribution in [2.45, 2.75) is 18.3 Å². The molecule has 0 amide bonds. The van der Waals surface area contributed by atoms with E-state index in [1.165, 1.54) is 7.11 Å². The molecule has 6 nitrogen and oxygen atoms in total. The lowest BCUT2D eigenvalue weighted by Gasteiger charge is -2.12. The predicted molar refractivity (Wildman–Crippen MR) is 55.6 cm³/mol. The highest BCUT2D eigenvalue weighted by molar-refractivity contribution is 5.89. The Labute approximate surface area is 93.3 Å². The molecule has 0 aromatic carbocycles. The van der Waals surface area contributed by atoms with Gasteiger partial charge >= 0.3 is 5.97 Å². The van der Waals surface area contributed by atoms with Crippen LogP contribution in [0.5, 0.6) is 0 Å². The van der Waals surface area contributed by atoms with Gasteiger partial charge in [0.05, 0.1) is 13.7 Å². The average molecular weight is 225 g/mol. The Hall–Kier alpha value is -1.40. The third-order valence-corrected chi connectivity index (χ3v) is 2.99. The Kier molecular flexibility index (Phi) is 2.69. The standard InChI is InChI=1S/C10H15N3O3/c1-13-5-7(8(12-13)9(14)15-2)10(3-4-10)6-16-11/h5H,3-4,6,11H2,1-2H3. The van der Waals surface area contributed by atoms with Crippen LogP contribution in [0.1, 0.15) is 28.9 Å². The van der Waals surface area contributed by atoms with Crippen LogP contribution in [0.25, 0.3) is 0 Å². The van der Waals surface area contributed by atoms with E-state index in [9.17, 15) is 4.79 Å². The van der Waals surface area contributed by atoms with Gasteiger partial charge in [-0.1, -0.05) is 0 Å². The van der Waals surface area contributed by atoms with E-state index < -0.39 is 5.97 Å². The summed E-state index contributed by atoms with van der Waals surface area (Å²) >= 11 is 0. The number of esters is 1. The summed E-state index contributed by atoms with van der Waals surface area (Å²) in [6, 6.07) is 0. The van der Waals surface area contributed by atoms with E-state index in [1.807, 2.05) is 6.20 Å².